The Bertz CT molecular complexity index is 261. The summed E-state index contributed by atoms with van der Waals surface area (Å²) in [6.07, 6.45) is 5.96. The van der Waals surface area contributed by atoms with Gasteiger partial charge in [0.25, 0.3) is 5.19 Å². The summed E-state index contributed by atoms with van der Waals surface area (Å²) in [4.78, 5) is 4.17. The lowest BCUT2D eigenvalue weighted by atomic mass is 10.4. The summed E-state index contributed by atoms with van der Waals surface area (Å²) >= 11 is 1.49. The number of terminal acetylenes is 1. The van der Waals surface area contributed by atoms with E-state index in [1.807, 2.05) is 5.38 Å². The van der Waals surface area contributed by atoms with Crippen LogP contribution in [0, 0.1) is 12.3 Å². The van der Waals surface area contributed by atoms with Gasteiger partial charge in [-0.3, -0.25) is 0 Å². The van der Waals surface area contributed by atoms with Gasteiger partial charge in [0, 0.05) is 5.38 Å². The van der Waals surface area contributed by atoms with E-state index in [-0.39, 0.29) is 0 Å². The van der Waals surface area contributed by atoms with Gasteiger partial charge < -0.3 is 4.74 Å². The molecule has 0 N–H and O–H groups in total. The van der Waals surface area contributed by atoms with Crippen molar-refractivity contribution >= 4 is 11.3 Å². The molecule has 1 aromatic rings. The number of aryl methyl sites for hydroxylation is 1. The smallest absolute Gasteiger partial charge is 0.274 e. The molecule has 0 radical (unpaired) electrons. The third-order valence-corrected chi connectivity index (χ3v) is 1.97. The van der Waals surface area contributed by atoms with Crippen LogP contribution >= 0.6 is 11.3 Å². The Hall–Kier alpha value is -1.01. The van der Waals surface area contributed by atoms with Gasteiger partial charge in [0.05, 0.1) is 5.69 Å². The molecule has 11 heavy (non-hydrogen) atoms. The van der Waals surface area contributed by atoms with Crippen LogP contribution in [0.4, 0.5) is 0 Å². The van der Waals surface area contributed by atoms with Crippen molar-refractivity contribution in [3.63, 3.8) is 0 Å². The van der Waals surface area contributed by atoms with E-state index in [0.717, 1.165) is 12.1 Å². The number of rotatable bonds is 3. The topological polar surface area (TPSA) is 22.1 Å². The molecule has 1 aromatic heterocycles. The number of hydrogen-bond donors (Lipinski definition) is 0. The van der Waals surface area contributed by atoms with Gasteiger partial charge in [-0.25, -0.2) is 4.98 Å². The lowest BCUT2D eigenvalue weighted by Gasteiger charge is -1.92. The van der Waals surface area contributed by atoms with E-state index in [9.17, 15) is 0 Å². The minimum atomic E-state index is 0.302. The highest BCUT2D eigenvalue weighted by Crippen LogP contribution is 2.17. The fraction of sp³-hybridized carbons (Fsp3) is 0.375. The van der Waals surface area contributed by atoms with Gasteiger partial charge in [0.15, 0.2) is 6.61 Å². The van der Waals surface area contributed by atoms with Crippen molar-refractivity contribution in [3.05, 3.63) is 11.1 Å². The maximum absolute atomic E-state index is 5.11. The standard InChI is InChI=1S/C8H9NOS/c1-3-5-10-8-9-7(4-2)6-11-8/h1,6H,4-5H2,2H3. The molecule has 0 saturated heterocycles. The van der Waals surface area contributed by atoms with Crippen LogP contribution in [0.1, 0.15) is 12.6 Å². The third-order valence-electron chi connectivity index (χ3n) is 1.17. The lowest BCUT2D eigenvalue weighted by molar-refractivity contribution is 0.367. The molecule has 1 rings (SSSR count). The second kappa shape index (κ2) is 3.99. The minimum absolute atomic E-state index is 0.302. The Kier molecular flexibility index (Phi) is 2.94. The van der Waals surface area contributed by atoms with Crippen LogP contribution in [-0.4, -0.2) is 11.6 Å². The quantitative estimate of drug-likeness (QED) is 0.639. The third kappa shape index (κ3) is 2.24. The first-order valence-electron chi connectivity index (χ1n) is 3.37. The van der Waals surface area contributed by atoms with E-state index in [4.69, 9.17) is 11.2 Å². The predicted molar refractivity (Wildman–Crippen MR) is 45.8 cm³/mol. The molecule has 0 atom stereocenters. The molecule has 0 aliphatic rings. The molecule has 2 nitrogen and oxygen atoms in total. The van der Waals surface area contributed by atoms with Crippen LogP contribution in [0.2, 0.25) is 0 Å². The van der Waals surface area contributed by atoms with Crippen molar-refractivity contribution in [1.29, 1.82) is 0 Å². The summed E-state index contributed by atoms with van der Waals surface area (Å²) < 4.78 is 5.11. The van der Waals surface area contributed by atoms with E-state index in [2.05, 4.69) is 17.8 Å². The average Bonchev–Trinajstić information content (AvgIpc) is 2.48. The Morgan fingerprint density at radius 1 is 1.82 bits per heavy atom. The number of aromatic nitrogens is 1. The molecule has 1 heterocycles. The Morgan fingerprint density at radius 3 is 3.18 bits per heavy atom. The summed E-state index contributed by atoms with van der Waals surface area (Å²) in [6.45, 7) is 2.36. The molecular formula is C8H9NOS. The summed E-state index contributed by atoms with van der Waals surface area (Å²) in [7, 11) is 0. The maximum atomic E-state index is 5.11. The number of ether oxygens (including phenoxy) is 1. The van der Waals surface area contributed by atoms with Gasteiger partial charge in [0.1, 0.15) is 0 Å². The molecule has 0 aliphatic carbocycles. The van der Waals surface area contributed by atoms with Gasteiger partial charge in [-0.1, -0.05) is 24.2 Å². The summed E-state index contributed by atoms with van der Waals surface area (Å²) in [5.74, 6) is 2.39. The second-order valence-corrected chi connectivity index (χ2v) is 2.77. The van der Waals surface area contributed by atoms with Crippen molar-refractivity contribution in [2.24, 2.45) is 0 Å². The molecule has 58 valence electrons. The number of nitrogens with zero attached hydrogens (tertiary/aromatic N) is 1. The van der Waals surface area contributed by atoms with Crippen LogP contribution in [0.25, 0.3) is 0 Å². The average molecular weight is 167 g/mol. The molecule has 0 aliphatic heterocycles. The fourth-order valence-electron chi connectivity index (χ4n) is 0.620. The highest BCUT2D eigenvalue weighted by Gasteiger charge is 1.98. The molecule has 0 unspecified atom stereocenters. The van der Waals surface area contributed by atoms with Crippen molar-refractivity contribution in [1.82, 2.24) is 4.98 Å². The van der Waals surface area contributed by atoms with E-state index >= 15 is 0 Å². The summed E-state index contributed by atoms with van der Waals surface area (Å²) in [6, 6.07) is 0. The normalized spacial score (nSPS) is 9.09. The lowest BCUT2D eigenvalue weighted by Crippen LogP contribution is -1.92. The summed E-state index contributed by atoms with van der Waals surface area (Å²) in [5, 5.41) is 2.64. The SMILES string of the molecule is C#CCOc1nc(CC)cs1. The predicted octanol–water partition coefficient (Wildman–Crippen LogP) is 1.72. The van der Waals surface area contributed by atoms with E-state index in [1.54, 1.807) is 0 Å². The fourth-order valence-corrected chi connectivity index (χ4v) is 1.37. The van der Waals surface area contributed by atoms with E-state index in [0.29, 0.717) is 11.8 Å². The largest absolute Gasteiger partial charge is 0.457 e. The van der Waals surface area contributed by atoms with Crippen molar-refractivity contribution in [3.8, 4) is 17.5 Å². The van der Waals surface area contributed by atoms with Gasteiger partial charge in [-0.15, -0.1) is 6.42 Å². The number of thiazole rings is 1. The van der Waals surface area contributed by atoms with Crippen molar-refractivity contribution in [2.45, 2.75) is 13.3 Å². The Morgan fingerprint density at radius 2 is 2.64 bits per heavy atom. The molecule has 0 fully saturated rings. The Labute approximate surface area is 70.2 Å². The van der Waals surface area contributed by atoms with E-state index in [1.165, 1.54) is 11.3 Å². The van der Waals surface area contributed by atoms with Gasteiger partial charge in [-0.05, 0) is 6.42 Å². The van der Waals surface area contributed by atoms with Crippen LogP contribution in [0.3, 0.4) is 0 Å². The van der Waals surface area contributed by atoms with Gasteiger partial charge in [0.2, 0.25) is 0 Å². The second-order valence-electron chi connectivity index (χ2n) is 1.95. The van der Waals surface area contributed by atoms with Crippen molar-refractivity contribution < 1.29 is 4.74 Å². The highest BCUT2D eigenvalue weighted by molar-refractivity contribution is 7.11. The zero-order valence-electron chi connectivity index (χ0n) is 6.33. The van der Waals surface area contributed by atoms with E-state index < -0.39 is 0 Å². The molecule has 3 heteroatoms. The van der Waals surface area contributed by atoms with Crippen molar-refractivity contribution in [2.75, 3.05) is 6.61 Å². The number of hydrogen-bond acceptors (Lipinski definition) is 3. The highest BCUT2D eigenvalue weighted by atomic mass is 32.1. The molecule has 0 amide bonds. The molecule has 0 aromatic carbocycles. The first-order chi connectivity index (χ1) is 5.36. The minimum Gasteiger partial charge on any atom is -0.457 e. The zero-order valence-corrected chi connectivity index (χ0v) is 7.15. The molecule has 0 spiro atoms. The molecule has 0 bridgehead atoms. The van der Waals surface area contributed by atoms with Gasteiger partial charge >= 0.3 is 0 Å². The Balaban J connectivity index is 2.53. The van der Waals surface area contributed by atoms with Crippen LogP contribution in [0.5, 0.6) is 5.19 Å². The van der Waals surface area contributed by atoms with Gasteiger partial charge in [-0.2, -0.15) is 0 Å². The first-order valence-corrected chi connectivity index (χ1v) is 4.25. The molecular weight excluding hydrogens is 158 g/mol. The zero-order chi connectivity index (χ0) is 8.10. The monoisotopic (exact) mass is 167 g/mol. The maximum Gasteiger partial charge on any atom is 0.274 e. The first kappa shape index (κ1) is 8.09. The van der Waals surface area contributed by atoms with Crippen LogP contribution in [0.15, 0.2) is 5.38 Å². The molecule has 0 saturated carbocycles. The summed E-state index contributed by atoms with van der Waals surface area (Å²) in [5.41, 5.74) is 1.06. The van der Waals surface area contributed by atoms with Crippen LogP contribution < -0.4 is 4.74 Å². The van der Waals surface area contributed by atoms with Crippen LogP contribution in [-0.2, 0) is 6.42 Å².